The zero-order valence-electron chi connectivity index (χ0n) is 13.3. The van der Waals surface area contributed by atoms with E-state index in [0.717, 1.165) is 32.8 Å². The molecule has 0 bridgehead atoms. The predicted molar refractivity (Wildman–Crippen MR) is 81.5 cm³/mol. The molecule has 0 aromatic heterocycles. The molecule has 0 aliphatic carbocycles. The lowest BCUT2D eigenvalue weighted by molar-refractivity contribution is -0.0158. The maximum Gasteiger partial charge on any atom is 0.0590 e. The molecule has 1 fully saturated rings. The fourth-order valence-corrected chi connectivity index (χ4v) is 3.37. The van der Waals surface area contributed by atoms with Gasteiger partial charge in [0.15, 0.2) is 0 Å². The molecule has 0 amide bonds. The lowest BCUT2D eigenvalue weighted by atomic mass is 9.83. The Morgan fingerprint density at radius 3 is 2.26 bits per heavy atom. The van der Waals surface area contributed by atoms with Crippen molar-refractivity contribution in [3.05, 3.63) is 0 Å². The van der Waals surface area contributed by atoms with Gasteiger partial charge in [0.1, 0.15) is 0 Å². The van der Waals surface area contributed by atoms with Crippen LogP contribution in [0.25, 0.3) is 0 Å². The average Bonchev–Trinajstić information content (AvgIpc) is 2.45. The second-order valence-corrected chi connectivity index (χ2v) is 5.89. The first-order chi connectivity index (χ1) is 9.13. The highest BCUT2D eigenvalue weighted by atomic mass is 16.5. The highest BCUT2D eigenvalue weighted by molar-refractivity contribution is 4.98. The number of rotatable bonds is 8. The molecule has 0 saturated carbocycles. The summed E-state index contributed by atoms with van der Waals surface area (Å²) in [6.07, 6.45) is 4.75. The van der Waals surface area contributed by atoms with Gasteiger partial charge in [-0.3, -0.25) is 4.90 Å². The van der Waals surface area contributed by atoms with Crippen LogP contribution in [-0.2, 0) is 4.74 Å². The number of hydrogen-bond donors (Lipinski definition) is 1. The molecule has 19 heavy (non-hydrogen) atoms. The zero-order valence-corrected chi connectivity index (χ0v) is 13.3. The minimum atomic E-state index is 0.182. The second-order valence-electron chi connectivity index (χ2n) is 5.89. The number of piperidine rings is 1. The van der Waals surface area contributed by atoms with Crippen molar-refractivity contribution in [2.75, 3.05) is 46.9 Å². The minimum Gasteiger partial charge on any atom is -0.383 e. The van der Waals surface area contributed by atoms with Crippen LogP contribution in [0.2, 0.25) is 0 Å². The third kappa shape index (κ3) is 4.15. The molecule has 114 valence electrons. The van der Waals surface area contributed by atoms with Gasteiger partial charge in [-0.15, -0.1) is 0 Å². The second kappa shape index (κ2) is 8.20. The van der Waals surface area contributed by atoms with Gasteiger partial charge in [-0.25, -0.2) is 0 Å². The Morgan fingerprint density at radius 1 is 1.26 bits per heavy atom. The summed E-state index contributed by atoms with van der Waals surface area (Å²) in [4.78, 5) is 5.07. The van der Waals surface area contributed by atoms with Crippen LogP contribution in [0.3, 0.4) is 0 Å². The molecule has 0 aromatic carbocycles. The quantitative estimate of drug-likeness (QED) is 0.727. The van der Waals surface area contributed by atoms with Gasteiger partial charge < -0.3 is 15.4 Å². The first-order valence-electron chi connectivity index (χ1n) is 7.77. The SMILES string of the molecule is CCC(CC)N(CCOC)C1(CN)CCN(C)CC1. The summed E-state index contributed by atoms with van der Waals surface area (Å²) in [6, 6.07) is 0.627. The van der Waals surface area contributed by atoms with Crippen LogP contribution in [0.5, 0.6) is 0 Å². The molecule has 1 rings (SSSR count). The number of hydrogen-bond acceptors (Lipinski definition) is 4. The molecule has 1 saturated heterocycles. The molecule has 0 unspecified atom stereocenters. The lowest BCUT2D eigenvalue weighted by Gasteiger charge is -2.51. The fourth-order valence-electron chi connectivity index (χ4n) is 3.37. The van der Waals surface area contributed by atoms with Crippen molar-refractivity contribution in [2.45, 2.75) is 51.1 Å². The summed E-state index contributed by atoms with van der Waals surface area (Å²) in [5.74, 6) is 0. The summed E-state index contributed by atoms with van der Waals surface area (Å²) in [5, 5.41) is 0. The highest BCUT2D eigenvalue weighted by Gasteiger charge is 2.40. The summed E-state index contributed by atoms with van der Waals surface area (Å²) in [5.41, 5.74) is 6.38. The van der Waals surface area contributed by atoms with Crippen molar-refractivity contribution < 1.29 is 4.74 Å². The van der Waals surface area contributed by atoms with Crippen LogP contribution in [0.4, 0.5) is 0 Å². The third-order valence-corrected chi connectivity index (χ3v) is 4.83. The Labute approximate surface area is 119 Å². The normalized spacial score (nSPS) is 20.4. The van der Waals surface area contributed by atoms with Crippen molar-refractivity contribution in [2.24, 2.45) is 5.73 Å². The summed E-state index contributed by atoms with van der Waals surface area (Å²) in [6.45, 7) is 9.45. The van der Waals surface area contributed by atoms with Crippen LogP contribution in [-0.4, -0.2) is 68.3 Å². The molecule has 0 spiro atoms. The lowest BCUT2D eigenvalue weighted by Crippen LogP contribution is -2.62. The molecular formula is C15H33N3O. The number of ether oxygens (including phenoxy) is 1. The van der Waals surface area contributed by atoms with E-state index in [9.17, 15) is 0 Å². The van der Waals surface area contributed by atoms with Crippen molar-refractivity contribution in [1.82, 2.24) is 9.80 Å². The Morgan fingerprint density at radius 2 is 1.84 bits per heavy atom. The van der Waals surface area contributed by atoms with E-state index < -0.39 is 0 Å². The molecule has 0 radical (unpaired) electrons. The zero-order chi connectivity index (χ0) is 14.3. The molecule has 4 nitrogen and oxygen atoms in total. The maximum atomic E-state index is 6.20. The van der Waals surface area contributed by atoms with E-state index in [1.54, 1.807) is 7.11 Å². The average molecular weight is 271 g/mol. The molecule has 0 aromatic rings. The molecule has 1 aliphatic rings. The van der Waals surface area contributed by atoms with Crippen LogP contribution < -0.4 is 5.73 Å². The van der Waals surface area contributed by atoms with E-state index in [0.29, 0.717) is 6.04 Å². The number of likely N-dealkylation sites (tertiary alicyclic amines) is 1. The first kappa shape index (κ1) is 16.9. The Kier molecular flexibility index (Phi) is 7.29. The van der Waals surface area contributed by atoms with Gasteiger partial charge >= 0.3 is 0 Å². The monoisotopic (exact) mass is 271 g/mol. The molecule has 1 heterocycles. The Bertz CT molecular complexity index is 236. The number of methoxy groups -OCH3 is 1. The van der Waals surface area contributed by atoms with Crippen molar-refractivity contribution >= 4 is 0 Å². The topological polar surface area (TPSA) is 41.7 Å². The van der Waals surface area contributed by atoms with Gasteiger partial charge in [0.25, 0.3) is 0 Å². The van der Waals surface area contributed by atoms with Gasteiger partial charge in [-0.1, -0.05) is 13.8 Å². The van der Waals surface area contributed by atoms with Crippen LogP contribution in [0, 0.1) is 0 Å². The molecule has 1 aliphatic heterocycles. The minimum absolute atomic E-state index is 0.182. The number of nitrogens with zero attached hydrogens (tertiary/aromatic N) is 2. The fraction of sp³-hybridized carbons (Fsp3) is 1.00. The van der Waals surface area contributed by atoms with Crippen molar-refractivity contribution in [1.29, 1.82) is 0 Å². The third-order valence-electron chi connectivity index (χ3n) is 4.83. The van der Waals surface area contributed by atoms with E-state index in [-0.39, 0.29) is 5.54 Å². The summed E-state index contributed by atoms with van der Waals surface area (Å²) < 4.78 is 5.32. The van der Waals surface area contributed by atoms with E-state index in [1.165, 1.54) is 25.7 Å². The van der Waals surface area contributed by atoms with E-state index in [2.05, 4.69) is 30.7 Å². The molecule has 4 heteroatoms. The largest absolute Gasteiger partial charge is 0.383 e. The van der Waals surface area contributed by atoms with Gasteiger partial charge in [-0.2, -0.15) is 0 Å². The van der Waals surface area contributed by atoms with Crippen LogP contribution in [0.1, 0.15) is 39.5 Å². The summed E-state index contributed by atoms with van der Waals surface area (Å²) >= 11 is 0. The van der Waals surface area contributed by atoms with Gasteiger partial charge in [0.05, 0.1) is 6.61 Å². The van der Waals surface area contributed by atoms with Crippen molar-refractivity contribution in [3.63, 3.8) is 0 Å². The predicted octanol–water partition coefficient (Wildman–Crippen LogP) is 1.55. The van der Waals surface area contributed by atoms with E-state index in [1.807, 2.05) is 0 Å². The van der Waals surface area contributed by atoms with E-state index >= 15 is 0 Å². The highest BCUT2D eigenvalue weighted by Crippen LogP contribution is 2.31. The summed E-state index contributed by atoms with van der Waals surface area (Å²) in [7, 11) is 3.99. The van der Waals surface area contributed by atoms with Gasteiger partial charge in [-0.05, 0) is 45.8 Å². The standard InChI is InChI=1S/C15H33N3O/c1-5-14(6-2)18(11-12-19-4)15(13-16)7-9-17(3)10-8-15/h14H,5-13,16H2,1-4H3. The van der Waals surface area contributed by atoms with Crippen molar-refractivity contribution in [3.8, 4) is 0 Å². The molecular weight excluding hydrogens is 238 g/mol. The van der Waals surface area contributed by atoms with E-state index in [4.69, 9.17) is 10.5 Å². The Balaban J connectivity index is 2.84. The molecule has 2 N–H and O–H groups in total. The first-order valence-corrected chi connectivity index (χ1v) is 7.77. The van der Waals surface area contributed by atoms with Gasteiger partial charge in [0.2, 0.25) is 0 Å². The smallest absolute Gasteiger partial charge is 0.0590 e. The molecule has 0 atom stereocenters. The Hall–Kier alpha value is -0.160. The number of nitrogens with two attached hydrogens (primary N) is 1. The van der Waals surface area contributed by atoms with Gasteiger partial charge in [0, 0.05) is 31.8 Å². The van der Waals surface area contributed by atoms with Crippen LogP contribution >= 0.6 is 0 Å². The maximum absolute atomic E-state index is 6.20. The van der Waals surface area contributed by atoms with Crippen LogP contribution in [0.15, 0.2) is 0 Å².